The molecule has 0 saturated carbocycles. The monoisotopic (exact) mass is 234 g/mol. The topological polar surface area (TPSA) is 49.3 Å². The lowest BCUT2D eigenvalue weighted by Crippen LogP contribution is -2.33. The maximum absolute atomic E-state index is 11.3. The van der Waals surface area contributed by atoms with Crippen molar-refractivity contribution in [1.29, 1.82) is 0 Å². The van der Waals surface area contributed by atoms with Crippen LogP contribution in [0.15, 0.2) is 0 Å². The molecule has 15 heavy (non-hydrogen) atoms. The van der Waals surface area contributed by atoms with Crippen molar-refractivity contribution in [2.75, 3.05) is 18.1 Å². The molecular formula is C11H24NO2S+. The first-order valence-corrected chi connectivity index (χ1v) is 7.21. The van der Waals surface area contributed by atoms with Crippen molar-refractivity contribution in [3.63, 3.8) is 0 Å². The van der Waals surface area contributed by atoms with Gasteiger partial charge in [-0.15, -0.1) is 0 Å². The van der Waals surface area contributed by atoms with Crippen molar-refractivity contribution in [3.05, 3.63) is 0 Å². The highest BCUT2D eigenvalue weighted by molar-refractivity contribution is 7.92. The van der Waals surface area contributed by atoms with E-state index in [1.54, 1.807) is 0 Å². The predicted molar refractivity (Wildman–Crippen MR) is 67.1 cm³/mol. The van der Waals surface area contributed by atoms with E-state index in [4.69, 9.17) is 0 Å². The Bertz CT molecular complexity index is 174. The molecule has 90 valence electrons. The zero-order valence-corrected chi connectivity index (χ0v) is 10.9. The van der Waals surface area contributed by atoms with Crippen molar-refractivity contribution in [2.24, 2.45) is 5.92 Å². The lowest BCUT2D eigenvalue weighted by molar-refractivity contribution is -0.118. The summed E-state index contributed by atoms with van der Waals surface area (Å²) in [6.07, 6.45) is 3.31. The highest BCUT2D eigenvalue weighted by Crippen LogP contribution is 2.00. The highest BCUT2D eigenvalue weighted by Gasteiger charge is 2.19. The van der Waals surface area contributed by atoms with Crippen LogP contribution in [0.3, 0.4) is 0 Å². The Morgan fingerprint density at radius 1 is 1.40 bits per heavy atom. The molecule has 1 unspecified atom stereocenters. The first-order chi connectivity index (χ1) is 7.06. The van der Waals surface area contributed by atoms with Crippen LogP contribution in [-0.2, 0) is 16.0 Å². The Morgan fingerprint density at radius 3 is 2.60 bits per heavy atom. The smallest absolute Gasteiger partial charge is 0.273 e. The summed E-state index contributed by atoms with van der Waals surface area (Å²) in [4.78, 5) is 11.3. The quantitative estimate of drug-likeness (QED) is 0.499. The van der Waals surface area contributed by atoms with Crippen molar-refractivity contribution < 1.29 is 9.35 Å². The van der Waals surface area contributed by atoms with Crippen LogP contribution in [0.5, 0.6) is 0 Å². The molecule has 0 bridgehead atoms. The molecule has 0 aromatic rings. The molecule has 1 atom stereocenters. The van der Waals surface area contributed by atoms with Crippen LogP contribution >= 0.6 is 0 Å². The van der Waals surface area contributed by atoms with Crippen LogP contribution in [0.2, 0.25) is 0 Å². The first-order valence-electron chi connectivity index (χ1n) is 5.69. The minimum absolute atomic E-state index is 0.0222. The fraction of sp³-hybridized carbons (Fsp3) is 0.909. The van der Waals surface area contributed by atoms with Crippen LogP contribution in [-0.4, -0.2) is 28.5 Å². The molecular weight excluding hydrogens is 210 g/mol. The van der Waals surface area contributed by atoms with Crippen LogP contribution in [0.25, 0.3) is 0 Å². The van der Waals surface area contributed by atoms with Crippen LogP contribution in [0, 0.1) is 5.92 Å². The Kier molecular flexibility index (Phi) is 8.91. The summed E-state index contributed by atoms with van der Waals surface area (Å²) in [7, 11) is 0. The molecule has 4 heteroatoms. The lowest BCUT2D eigenvalue weighted by atomic mass is 10.2. The average molecular weight is 234 g/mol. The van der Waals surface area contributed by atoms with Gasteiger partial charge in [-0.3, -0.25) is 4.79 Å². The second-order valence-electron chi connectivity index (χ2n) is 4.22. The Balaban J connectivity index is 3.49. The second kappa shape index (κ2) is 9.04. The van der Waals surface area contributed by atoms with Crippen molar-refractivity contribution in [2.45, 2.75) is 40.0 Å². The number of carbonyl (C=O) groups excluding carboxylic acids is 1. The van der Waals surface area contributed by atoms with Crippen LogP contribution < -0.4 is 5.32 Å². The summed E-state index contributed by atoms with van der Waals surface area (Å²) < 4.78 is 9.58. The molecule has 1 amide bonds. The van der Waals surface area contributed by atoms with Gasteiger partial charge in [-0.25, -0.2) is 0 Å². The van der Waals surface area contributed by atoms with Crippen molar-refractivity contribution in [3.8, 4) is 0 Å². The second-order valence-corrected chi connectivity index (χ2v) is 5.84. The molecule has 0 spiro atoms. The van der Waals surface area contributed by atoms with E-state index in [1.807, 2.05) is 0 Å². The number of hydrogen-bond acceptors (Lipinski definition) is 2. The number of nitrogens with one attached hydrogen (secondary N) is 1. The third-order valence-electron chi connectivity index (χ3n) is 1.99. The predicted octanol–water partition coefficient (Wildman–Crippen LogP) is 2.04. The van der Waals surface area contributed by atoms with Crippen molar-refractivity contribution >= 4 is 17.1 Å². The van der Waals surface area contributed by atoms with Gasteiger partial charge in [0.15, 0.2) is 11.2 Å². The Labute approximate surface area is 96.2 Å². The van der Waals surface area contributed by atoms with Gasteiger partial charge in [0.25, 0.3) is 5.91 Å². The number of amides is 1. The SMILES string of the molecule is CCCCC[S+](O)CC(=O)NCC(C)C. The van der Waals surface area contributed by atoms with Gasteiger partial charge in [0, 0.05) is 6.54 Å². The van der Waals surface area contributed by atoms with Crippen LogP contribution in [0.4, 0.5) is 0 Å². The third-order valence-corrected chi connectivity index (χ3v) is 3.34. The summed E-state index contributed by atoms with van der Waals surface area (Å²) >= 11 is -0.728. The van der Waals surface area contributed by atoms with Gasteiger partial charge in [0.05, 0.1) is 0 Å². The molecule has 0 aromatic carbocycles. The summed E-state index contributed by atoms with van der Waals surface area (Å²) in [6.45, 7) is 6.94. The normalized spacial score (nSPS) is 12.9. The summed E-state index contributed by atoms with van der Waals surface area (Å²) in [6, 6.07) is 0. The molecule has 0 radical (unpaired) electrons. The molecule has 0 aliphatic carbocycles. The third kappa shape index (κ3) is 10.1. The van der Waals surface area contributed by atoms with E-state index < -0.39 is 11.2 Å². The molecule has 3 nitrogen and oxygen atoms in total. The van der Waals surface area contributed by atoms with E-state index >= 15 is 0 Å². The van der Waals surface area contributed by atoms with E-state index in [-0.39, 0.29) is 11.7 Å². The minimum Gasteiger partial charge on any atom is -0.352 e. The number of unbranched alkanes of at least 4 members (excludes halogenated alkanes) is 2. The molecule has 0 saturated heterocycles. The summed E-state index contributed by atoms with van der Waals surface area (Å²) in [5, 5.41) is 2.81. The van der Waals surface area contributed by atoms with Gasteiger partial charge >= 0.3 is 0 Å². The summed E-state index contributed by atoms with van der Waals surface area (Å²) in [5.41, 5.74) is 0. The summed E-state index contributed by atoms with van der Waals surface area (Å²) in [5.74, 6) is 1.49. The molecule has 0 aliphatic rings. The van der Waals surface area contributed by atoms with E-state index in [2.05, 4.69) is 26.1 Å². The van der Waals surface area contributed by atoms with Gasteiger partial charge in [-0.05, 0) is 18.8 Å². The zero-order chi connectivity index (χ0) is 11.7. The molecule has 2 N–H and O–H groups in total. The highest BCUT2D eigenvalue weighted by atomic mass is 32.2. The Morgan fingerprint density at radius 2 is 2.07 bits per heavy atom. The van der Waals surface area contributed by atoms with Gasteiger partial charge in [0.2, 0.25) is 5.75 Å². The van der Waals surface area contributed by atoms with E-state index in [9.17, 15) is 9.35 Å². The molecule has 0 aromatic heterocycles. The first kappa shape index (κ1) is 14.8. The molecule has 0 rings (SSSR count). The number of carbonyl (C=O) groups is 1. The van der Waals surface area contributed by atoms with Gasteiger partial charge in [-0.2, -0.15) is 4.55 Å². The van der Waals surface area contributed by atoms with Gasteiger partial charge in [-0.1, -0.05) is 27.2 Å². The molecule has 0 heterocycles. The number of hydrogen-bond donors (Lipinski definition) is 2. The fourth-order valence-corrected chi connectivity index (χ4v) is 2.20. The molecule has 0 aliphatic heterocycles. The average Bonchev–Trinajstić information content (AvgIpc) is 2.15. The Hall–Kier alpha value is -0.220. The van der Waals surface area contributed by atoms with E-state index in [0.717, 1.165) is 25.0 Å². The van der Waals surface area contributed by atoms with E-state index in [1.165, 1.54) is 0 Å². The lowest BCUT2D eigenvalue weighted by Gasteiger charge is -2.06. The van der Waals surface area contributed by atoms with E-state index in [0.29, 0.717) is 12.5 Å². The fourth-order valence-electron chi connectivity index (χ4n) is 1.11. The van der Waals surface area contributed by atoms with Crippen molar-refractivity contribution in [1.82, 2.24) is 5.32 Å². The zero-order valence-electron chi connectivity index (χ0n) is 10.1. The maximum atomic E-state index is 11.3. The molecule has 0 fully saturated rings. The minimum atomic E-state index is -0.728. The largest absolute Gasteiger partial charge is 0.352 e. The number of rotatable bonds is 8. The maximum Gasteiger partial charge on any atom is 0.273 e. The standard InChI is InChI=1S/C11H23NO2S/c1-4-5-6-7-15(14)9-11(13)12-8-10(2)3/h10,14H,4-9H2,1-3H3/p+1. The van der Waals surface area contributed by atoms with Gasteiger partial charge < -0.3 is 5.32 Å². The van der Waals surface area contributed by atoms with Gasteiger partial charge in [0.1, 0.15) is 5.75 Å². The van der Waals surface area contributed by atoms with Crippen LogP contribution in [0.1, 0.15) is 40.0 Å².